The standard InChI is InChI=1S/C6H10BrClO3/c1-6(8)4(10)3(2-9)11-5(6)7/h3-5,9-10H,2H2,1H3/t3-,4-,5?,6-/m1/s1. The molecule has 1 saturated heterocycles. The summed E-state index contributed by atoms with van der Waals surface area (Å²) in [6, 6.07) is 0. The molecule has 1 heterocycles. The second kappa shape index (κ2) is 3.18. The van der Waals surface area contributed by atoms with Crippen LogP contribution in [0.15, 0.2) is 0 Å². The minimum Gasteiger partial charge on any atom is -0.394 e. The van der Waals surface area contributed by atoms with Crippen LogP contribution in [-0.4, -0.2) is 38.9 Å². The van der Waals surface area contributed by atoms with Gasteiger partial charge in [-0.1, -0.05) is 15.9 Å². The Bertz CT molecular complexity index is 153. The Morgan fingerprint density at radius 1 is 1.73 bits per heavy atom. The van der Waals surface area contributed by atoms with Crippen LogP contribution < -0.4 is 0 Å². The van der Waals surface area contributed by atoms with Crippen molar-refractivity contribution in [3.8, 4) is 0 Å². The fraction of sp³-hybridized carbons (Fsp3) is 1.00. The van der Waals surface area contributed by atoms with Gasteiger partial charge in [0, 0.05) is 0 Å². The third-order valence-electron chi connectivity index (χ3n) is 1.85. The zero-order chi connectivity index (χ0) is 8.65. The Labute approximate surface area is 78.4 Å². The minimum atomic E-state index is -0.854. The molecule has 0 amide bonds. The fourth-order valence-corrected chi connectivity index (χ4v) is 1.74. The summed E-state index contributed by atoms with van der Waals surface area (Å²) in [7, 11) is 0. The lowest BCUT2D eigenvalue weighted by Gasteiger charge is -2.21. The number of aliphatic hydroxyl groups excluding tert-OH is 2. The van der Waals surface area contributed by atoms with Crippen LogP contribution in [0.4, 0.5) is 0 Å². The molecule has 0 radical (unpaired) electrons. The molecule has 0 aromatic carbocycles. The van der Waals surface area contributed by atoms with Gasteiger partial charge in [0.1, 0.15) is 22.1 Å². The number of ether oxygens (including phenoxy) is 1. The van der Waals surface area contributed by atoms with Gasteiger partial charge in [-0.25, -0.2) is 0 Å². The molecule has 0 aliphatic carbocycles. The van der Waals surface area contributed by atoms with Crippen LogP contribution in [0.25, 0.3) is 0 Å². The van der Waals surface area contributed by atoms with Crippen molar-refractivity contribution in [3.05, 3.63) is 0 Å². The van der Waals surface area contributed by atoms with Crippen LogP contribution in [0.2, 0.25) is 0 Å². The first-order valence-corrected chi connectivity index (χ1v) is 4.57. The topological polar surface area (TPSA) is 49.7 Å². The highest BCUT2D eigenvalue weighted by Gasteiger charge is 2.50. The molecular weight excluding hydrogens is 235 g/mol. The van der Waals surface area contributed by atoms with Gasteiger partial charge >= 0.3 is 0 Å². The van der Waals surface area contributed by atoms with Gasteiger partial charge in [-0.05, 0) is 6.92 Å². The molecule has 0 aromatic heterocycles. The Morgan fingerprint density at radius 2 is 2.27 bits per heavy atom. The molecule has 0 saturated carbocycles. The molecule has 2 N–H and O–H groups in total. The molecule has 0 bridgehead atoms. The summed E-state index contributed by atoms with van der Waals surface area (Å²) >= 11 is 9.07. The largest absolute Gasteiger partial charge is 0.394 e. The molecule has 1 aliphatic rings. The average Bonchev–Trinajstić information content (AvgIpc) is 2.14. The summed E-state index contributed by atoms with van der Waals surface area (Å²) in [5.74, 6) is 0. The van der Waals surface area contributed by atoms with E-state index in [4.69, 9.17) is 21.4 Å². The molecule has 5 heteroatoms. The van der Waals surface area contributed by atoms with Crippen LogP contribution in [0.3, 0.4) is 0 Å². The summed E-state index contributed by atoms with van der Waals surface area (Å²) in [4.78, 5) is -0.854. The Balaban J connectivity index is 2.71. The molecule has 0 aromatic rings. The van der Waals surface area contributed by atoms with E-state index in [1.165, 1.54) is 0 Å². The van der Waals surface area contributed by atoms with E-state index < -0.39 is 22.1 Å². The quantitative estimate of drug-likeness (QED) is 0.660. The van der Waals surface area contributed by atoms with Crippen LogP contribution in [-0.2, 0) is 4.74 Å². The van der Waals surface area contributed by atoms with E-state index >= 15 is 0 Å². The van der Waals surface area contributed by atoms with Crippen LogP contribution >= 0.6 is 27.5 Å². The molecule has 1 fully saturated rings. The zero-order valence-electron chi connectivity index (χ0n) is 6.00. The van der Waals surface area contributed by atoms with E-state index in [0.717, 1.165) is 0 Å². The number of alkyl halides is 2. The van der Waals surface area contributed by atoms with Gasteiger partial charge in [-0.2, -0.15) is 0 Å². The smallest absolute Gasteiger partial charge is 0.134 e. The minimum absolute atomic E-state index is 0.217. The second-order valence-electron chi connectivity index (χ2n) is 2.77. The van der Waals surface area contributed by atoms with Crippen molar-refractivity contribution in [3.63, 3.8) is 0 Å². The summed E-state index contributed by atoms with van der Waals surface area (Å²) in [5, 5.41) is 17.7. The van der Waals surface area contributed by atoms with Crippen molar-refractivity contribution in [2.75, 3.05) is 6.61 Å². The first-order chi connectivity index (χ1) is 5.00. The second-order valence-corrected chi connectivity index (χ2v) is 4.42. The number of rotatable bonds is 1. The molecule has 1 rings (SSSR count). The maximum absolute atomic E-state index is 9.44. The van der Waals surface area contributed by atoms with Crippen molar-refractivity contribution in [1.29, 1.82) is 0 Å². The van der Waals surface area contributed by atoms with Crippen molar-refractivity contribution >= 4 is 27.5 Å². The van der Waals surface area contributed by atoms with E-state index in [2.05, 4.69) is 15.9 Å². The normalized spacial score (nSPS) is 51.5. The van der Waals surface area contributed by atoms with Gasteiger partial charge in [0.15, 0.2) is 0 Å². The fourth-order valence-electron chi connectivity index (χ4n) is 1.00. The number of hydrogen-bond acceptors (Lipinski definition) is 3. The van der Waals surface area contributed by atoms with Crippen LogP contribution in [0.1, 0.15) is 6.92 Å². The van der Waals surface area contributed by atoms with E-state index in [9.17, 15) is 5.11 Å². The van der Waals surface area contributed by atoms with E-state index in [-0.39, 0.29) is 6.61 Å². The summed E-state index contributed by atoms with van der Waals surface area (Å²) in [6.45, 7) is 1.44. The van der Waals surface area contributed by atoms with Crippen molar-refractivity contribution in [1.82, 2.24) is 0 Å². The zero-order valence-corrected chi connectivity index (χ0v) is 8.34. The first-order valence-electron chi connectivity index (χ1n) is 3.27. The Morgan fingerprint density at radius 3 is 2.45 bits per heavy atom. The molecule has 11 heavy (non-hydrogen) atoms. The Hall–Kier alpha value is 0.650. The predicted molar refractivity (Wildman–Crippen MR) is 44.9 cm³/mol. The summed E-state index contributed by atoms with van der Waals surface area (Å²) in [6.07, 6.45) is -1.42. The van der Waals surface area contributed by atoms with Gasteiger partial charge in [-0.3, -0.25) is 0 Å². The highest BCUT2D eigenvalue weighted by molar-refractivity contribution is 9.09. The third-order valence-corrected chi connectivity index (χ3v) is 3.70. The predicted octanol–water partition coefficient (Wildman–Crippen LogP) is 0.457. The SMILES string of the molecule is C[C@]1(Cl)C(Br)O[C@H](CO)[C@H]1O. The average molecular weight is 246 g/mol. The molecule has 4 atom stereocenters. The van der Waals surface area contributed by atoms with Crippen molar-refractivity contribution in [2.45, 2.75) is 29.0 Å². The maximum Gasteiger partial charge on any atom is 0.134 e. The van der Waals surface area contributed by atoms with E-state index in [1.807, 2.05) is 0 Å². The molecular formula is C6H10BrClO3. The van der Waals surface area contributed by atoms with E-state index in [1.54, 1.807) is 6.92 Å². The Kier molecular flexibility index (Phi) is 2.82. The molecule has 0 spiro atoms. The highest BCUT2D eigenvalue weighted by Crippen LogP contribution is 2.39. The highest BCUT2D eigenvalue weighted by atomic mass is 79.9. The lowest BCUT2D eigenvalue weighted by Crippen LogP contribution is -2.39. The number of halogens is 2. The van der Waals surface area contributed by atoms with Gasteiger partial charge in [0.2, 0.25) is 0 Å². The number of hydrogen-bond donors (Lipinski definition) is 2. The lowest BCUT2D eigenvalue weighted by molar-refractivity contribution is -0.00199. The van der Waals surface area contributed by atoms with E-state index in [0.29, 0.717) is 0 Å². The van der Waals surface area contributed by atoms with Gasteiger partial charge in [-0.15, -0.1) is 11.6 Å². The maximum atomic E-state index is 9.44. The summed E-state index contributed by atoms with van der Waals surface area (Å²) < 4.78 is 5.12. The lowest BCUT2D eigenvalue weighted by atomic mass is 10.0. The van der Waals surface area contributed by atoms with Crippen LogP contribution in [0.5, 0.6) is 0 Å². The van der Waals surface area contributed by atoms with Gasteiger partial charge in [0.05, 0.1) is 6.61 Å². The molecule has 1 unspecified atom stereocenters. The summed E-state index contributed by atoms with van der Waals surface area (Å²) in [5.41, 5.74) is 0. The first kappa shape index (κ1) is 9.74. The van der Waals surface area contributed by atoms with Gasteiger partial charge in [0.25, 0.3) is 0 Å². The molecule has 1 aliphatic heterocycles. The van der Waals surface area contributed by atoms with Crippen LogP contribution in [0, 0.1) is 0 Å². The monoisotopic (exact) mass is 244 g/mol. The molecule has 3 nitrogen and oxygen atoms in total. The third kappa shape index (κ3) is 1.55. The van der Waals surface area contributed by atoms with Crippen molar-refractivity contribution < 1.29 is 14.9 Å². The molecule has 66 valence electrons. The van der Waals surface area contributed by atoms with Gasteiger partial charge < -0.3 is 14.9 Å². The van der Waals surface area contributed by atoms with Crippen molar-refractivity contribution in [2.24, 2.45) is 0 Å². The number of aliphatic hydroxyl groups is 2.